The van der Waals surface area contributed by atoms with E-state index in [0.717, 1.165) is 17.1 Å². The molecule has 1 aliphatic rings. The zero-order chi connectivity index (χ0) is 26.3. The normalized spacial score (nSPS) is 14.5. The van der Waals surface area contributed by atoms with Gasteiger partial charge in [0.15, 0.2) is 5.75 Å². The molecule has 1 saturated heterocycles. The molecule has 0 radical (unpaired) electrons. The van der Waals surface area contributed by atoms with E-state index in [1.165, 1.54) is 18.5 Å². The second kappa shape index (κ2) is 11.9. The van der Waals surface area contributed by atoms with Crippen LogP contribution >= 0.6 is 11.6 Å². The largest absolute Gasteiger partial charge is 0.490 e. The van der Waals surface area contributed by atoms with E-state index in [1.54, 1.807) is 42.5 Å². The molecule has 3 rings (SSSR count). The lowest BCUT2D eigenvalue weighted by molar-refractivity contribution is -0.134. The molecular weight excluding hydrogens is 506 g/mol. The Kier molecular flexibility index (Phi) is 8.94. The third-order valence-corrected chi connectivity index (χ3v) is 7.50. The summed E-state index contributed by atoms with van der Waals surface area (Å²) in [6.45, 7) is 1.26. The molecule has 0 amide bonds. The van der Waals surface area contributed by atoms with Gasteiger partial charge in [0.2, 0.25) is 10.0 Å². The van der Waals surface area contributed by atoms with Crippen molar-refractivity contribution in [2.24, 2.45) is 5.73 Å². The van der Waals surface area contributed by atoms with Crippen molar-refractivity contribution in [2.45, 2.75) is 18.9 Å². The van der Waals surface area contributed by atoms with E-state index in [4.69, 9.17) is 38.0 Å². The van der Waals surface area contributed by atoms with Crippen LogP contribution in [0.1, 0.15) is 24.0 Å². The van der Waals surface area contributed by atoms with Crippen molar-refractivity contribution < 1.29 is 23.1 Å². The first-order chi connectivity index (χ1) is 17.1. The van der Waals surface area contributed by atoms with Gasteiger partial charge in [0.25, 0.3) is 0 Å². The molecule has 0 bridgehead atoms. The molecule has 0 aromatic heterocycles. The molecule has 0 aliphatic carbocycles. The molecule has 0 saturated carbocycles. The number of amidine groups is 1. The number of sulfonamides is 1. The fourth-order valence-corrected chi connectivity index (χ4v) is 5.33. The van der Waals surface area contributed by atoms with Gasteiger partial charge in [0, 0.05) is 37.6 Å². The predicted octanol–water partition coefficient (Wildman–Crippen LogP) is 3.01. The molecule has 5 N–H and O–H groups in total. The summed E-state index contributed by atoms with van der Waals surface area (Å²) >= 11 is 6.45. The van der Waals surface area contributed by atoms with Crippen molar-refractivity contribution in [1.82, 2.24) is 4.90 Å². The molecule has 1 fully saturated rings. The lowest BCUT2D eigenvalue weighted by Gasteiger charge is -2.30. The number of hydrogen-bond acceptors (Lipinski definition) is 6. The van der Waals surface area contributed by atoms with E-state index < -0.39 is 21.7 Å². The van der Waals surface area contributed by atoms with E-state index in [1.807, 2.05) is 4.90 Å². The number of anilines is 1. The maximum atomic E-state index is 12.9. The molecule has 1 aliphatic heterocycles. The Morgan fingerprint density at radius 2 is 1.97 bits per heavy atom. The van der Waals surface area contributed by atoms with Crippen LogP contribution < -0.4 is 14.8 Å². The van der Waals surface area contributed by atoms with Crippen LogP contribution in [0.4, 0.5) is 5.69 Å². The van der Waals surface area contributed by atoms with E-state index in [-0.39, 0.29) is 29.2 Å². The summed E-state index contributed by atoms with van der Waals surface area (Å²) in [5.74, 6) is -2.19. The highest BCUT2D eigenvalue weighted by atomic mass is 35.5. The monoisotopic (exact) mass is 533 g/mol. The molecular formula is C24H28ClN5O5S. The van der Waals surface area contributed by atoms with Crippen LogP contribution in [0.3, 0.4) is 0 Å². The summed E-state index contributed by atoms with van der Waals surface area (Å²) in [6, 6.07) is 11.5. The Hall–Kier alpha value is -3.57. The number of nitrogen functional groups attached to an aromatic ring is 1. The molecule has 0 spiro atoms. The van der Waals surface area contributed by atoms with E-state index in [0.29, 0.717) is 30.0 Å². The fraction of sp³-hybridized carbons (Fsp3) is 0.292. The highest BCUT2D eigenvalue weighted by Crippen LogP contribution is 2.33. The number of nitrogens with two attached hydrogens (primary N) is 1. The van der Waals surface area contributed by atoms with E-state index in [2.05, 4.69) is 0 Å². The molecule has 12 heteroatoms. The number of nitrogens with zero attached hydrogens (tertiary/aromatic N) is 2. The van der Waals surface area contributed by atoms with Crippen LogP contribution in [-0.4, -0.2) is 68.1 Å². The number of likely N-dealkylation sites (tertiary alicyclic amines) is 1. The molecule has 2 aromatic rings. The minimum atomic E-state index is -4.25. The van der Waals surface area contributed by atoms with Crippen LogP contribution in [0.5, 0.6) is 5.75 Å². The van der Waals surface area contributed by atoms with Crippen molar-refractivity contribution in [3.8, 4) is 5.75 Å². The Labute approximate surface area is 215 Å². The SMILES string of the molecule is N=CN1CCC(Oc2ccc(N(CC=Cc3cccc(C(=N)N)c3)S(=O)(=O)CC(=O)O)c(Cl)c2)CC1. The van der Waals surface area contributed by atoms with Crippen LogP contribution in [-0.2, 0) is 14.8 Å². The maximum Gasteiger partial charge on any atom is 0.320 e. The molecule has 192 valence electrons. The Morgan fingerprint density at radius 1 is 1.25 bits per heavy atom. The van der Waals surface area contributed by atoms with Crippen LogP contribution in [0, 0.1) is 10.8 Å². The molecule has 0 unspecified atom stereocenters. The number of halogens is 1. The summed E-state index contributed by atoms with van der Waals surface area (Å²) in [7, 11) is -4.25. The third kappa shape index (κ3) is 7.22. The first-order valence-corrected chi connectivity index (χ1v) is 13.1. The van der Waals surface area contributed by atoms with Gasteiger partial charge in [-0.05, 0) is 23.8 Å². The van der Waals surface area contributed by atoms with Gasteiger partial charge in [-0.2, -0.15) is 0 Å². The zero-order valence-corrected chi connectivity index (χ0v) is 21.0. The van der Waals surface area contributed by atoms with Gasteiger partial charge in [0.1, 0.15) is 17.7 Å². The van der Waals surface area contributed by atoms with Gasteiger partial charge in [0.05, 0.1) is 23.6 Å². The second-order valence-corrected chi connectivity index (χ2v) is 10.5. The smallest absolute Gasteiger partial charge is 0.320 e. The molecule has 1 heterocycles. The minimum Gasteiger partial charge on any atom is -0.490 e. The lowest BCUT2D eigenvalue weighted by Crippen LogP contribution is -2.37. The minimum absolute atomic E-state index is 0.0522. The van der Waals surface area contributed by atoms with Crippen molar-refractivity contribution >= 4 is 51.5 Å². The van der Waals surface area contributed by atoms with Gasteiger partial charge in [-0.15, -0.1) is 0 Å². The van der Waals surface area contributed by atoms with Crippen LogP contribution in [0.2, 0.25) is 5.02 Å². The second-order valence-electron chi connectivity index (χ2n) is 8.22. The Bertz CT molecular complexity index is 1260. The van der Waals surface area contributed by atoms with Gasteiger partial charge in [-0.1, -0.05) is 42.0 Å². The number of aliphatic carboxylic acids is 1. The number of carbonyl (C=O) groups is 1. The zero-order valence-electron chi connectivity index (χ0n) is 19.4. The number of carboxylic acids is 1. The summed E-state index contributed by atoms with van der Waals surface area (Å²) in [6.07, 6.45) is 5.96. The average Bonchev–Trinajstić information content (AvgIpc) is 2.82. The average molecular weight is 534 g/mol. The molecule has 10 nitrogen and oxygen atoms in total. The van der Waals surface area contributed by atoms with Crippen molar-refractivity contribution in [3.05, 3.63) is 64.7 Å². The van der Waals surface area contributed by atoms with Crippen molar-refractivity contribution in [2.75, 3.05) is 29.7 Å². The Morgan fingerprint density at radius 3 is 2.58 bits per heavy atom. The highest BCUT2D eigenvalue weighted by Gasteiger charge is 2.27. The summed E-state index contributed by atoms with van der Waals surface area (Å²) in [4.78, 5) is 13.1. The third-order valence-electron chi connectivity index (χ3n) is 5.57. The highest BCUT2D eigenvalue weighted by molar-refractivity contribution is 7.93. The first-order valence-electron chi connectivity index (χ1n) is 11.1. The number of hydrogen-bond donors (Lipinski definition) is 4. The fourth-order valence-electron chi connectivity index (χ4n) is 3.77. The van der Waals surface area contributed by atoms with E-state index >= 15 is 0 Å². The number of ether oxygens (including phenoxy) is 1. The standard InChI is InChI=1S/C24H28ClN5O5S/c25-21-14-20(35-19-8-11-29(16-26)12-9-19)6-7-22(21)30(36(33,34)15-23(31)32)10-2-4-17-3-1-5-18(13-17)24(27)28/h1-7,13-14,16,19,26H,8-12,15H2,(H3,27,28)(H,31,32). The lowest BCUT2D eigenvalue weighted by atomic mass is 10.1. The maximum absolute atomic E-state index is 12.9. The summed E-state index contributed by atoms with van der Waals surface area (Å²) < 4.78 is 32.7. The summed E-state index contributed by atoms with van der Waals surface area (Å²) in [5.41, 5.74) is 6.87. The summed E-state index contributed by atoms with van der Waals surface area (Å²) in [5, 5.41) is 24.1. The number of carboxylic acid groups (broad SMARTS) is 1. The van der Waals surface area contributed by atoms with Crippen molar-refractivity contribution in [3.63, 3.8) is 0 Å². The van der Waals surface area contributed by atoms with Gasteiger partial charge in [-0.25, -0.2) is 8.42 Å². The number of nitrogens with one attached hydrogen (secondary N) is 2. The predicted molar refractivity (Wildman–Crippen MR) is 141 cm³/mol. The molecule has 36 heavy (non-hydrogen) atoms. The number of benzene rings is 2. The first kappa shape index (κ1) is 27.0. The van der Waals surface area contributed by atoms with Crippen molar-refractivity contribution in [1.29, 1.82) is 10.8 Å². The molecule has 0 atom stereocenters. The van der Waals surface area contributed by atoms with Crippen LogP contribution in [0.15, 0.2) is 48.5 Å². The van der Waals surface area contributed by atoms with E-state index in [9.17, 15) is 13.2 Å². The van der Waals surface area contributed by atoms with Gasteiger partial charge >= 0.3 is 5.97 Å². The molecule has 2 aromatic carbocycles. The Balaban J connectivity index is 1.81. The topological polar surface area (TPSA) is 161 Å². The number of rotatable bonds is 11. The quantitative estimate of drug-likeness (QED) is 0.255. The van der Waals surface area contributed by atoms with Crippen LogP contribution in [0.25, 0.3) is 6.08 Å². The number of piperidine rings is 1. The van der Waals surface area contributed by atoms with Gasteiger partial charge < -0.3 is 20.5 Å². The van der Waals surface area contributed by atoms with Gasteiger partial charge in [-0.3, -0.25) is 19.9 Å².